The van der Waals surface area contributed by atoms with E-state index in [9.17, 15) is 9.59 Å². The first-order chi connectivity index (χ1) is 11.6. The van der Waals surface area contributed by atoms with E-state index in [4.69, 9.17) is 5.11 Å². The number of hydrogen-bond donors (Lipinski definition) is 2. The third-order valence-electron chi connectivity index (χ3n) is 5.98. The van der Waals surface area contributed by atoms with Crippen LogP contribution in [0.15, 0.2) is 18.3 Å². The number of piperidine rings is 1. The summed E-state index contributed by atoms with van der Waals surface area (Å²) in [7, 11) is 0. The van der Waals surface area contributed by atoms with Gasteiger partial charge in [-0.2, -0.15) is 0 Å². The number of carboxylic acid groups (broad SMARTS) is 1. The van der Waals surface area contributed by atoms with Crippen molar-refractivity contribution in [2.24, 2.45) is 5.41 Å². The number of fused-ring (bicyclic) bond motifs is 2. The van der Waals surface area contributed by atoms with E-state index < -0.39 is 6.09 Å². The highest BCUT2D eigenvalue weighted by molar-refractivity contribution is 5.93. The van der Waals surface area contributed by atoms with Gasteiger partial charge in [-0.25, -0.2) is 9.78 Å². The van der Waals surface area contributed by atoms with Crippen molar-refractivity contribution >= 4 is 17.7 Å². The average Bonchev–Trinajstić information content (AvgIpc) is 2.75. The largest absolute Gasteiger partial charge is 0.465 e. The van der Waals surface area contributed by atoms with Gasteiger partial charge < -0.3 is 15.3 Å². The summed E-state index contributed by atoms with van der Waals surface area (Å²) >= 11 is 0. The van der Waals surface area contributed by atoms with Crippen molar-refractivity contribution in [2.45, 2.75) is 71.0 Å². The predicted octanol–water partition coefficient (Wildman–Crippen LogP) is 3.47. The second kappa shape index (κ2) is 6.00. The molecule has 1 aromatic heterocycles. The number of carbonyl (C=O) groups is 2. The fourth-order valence-electron chi connectivity index (χ4n) is 4.72. The number of Topliss-reactive ketones (excluding diaryl/α,β-unsaturated/α-hetero) is 1. The summed E-state index contributed by atoms with van der Waals surface area (Å²) in [6.07, 6.45) is 4.32. The highest BCUT2D eigenvalue weighted by Crippen LogP contribution is 2.54. The van der Waals surface area contributed by atoms with E-state index in [0.29, 0.717) is 5.56 Å². The van der Waals surface area contributed by atoms with E-state index in [2.05, 4.69) is 36.0 Å². The Labute approximate surface area is 148 Å². The number of nitrogens with one attached hydrogen (secondary N) is 1. The third-order valence-corrected chi connectivity index (χ3v) is 5.98. The van der Waals surface area contributed by atoms with Crippen molar-refractivity contribution in [1.29, 1.82) is 0 Å². The number of hydrogen-bond acceptors (Lipinski definition) is 4. The van der Waals surface area contributed by atoms with E-state index in [1.807, 2.05) is 12.1 Å². The van der Waals surface area contributed by atoms with Gasteiger partial charge in [0.15, 0.2) is 5.78 Å². The van der Waals surface area contributed by atoms with Crippen molar-refractivity contribution in [3.05, 3.63) is 23.9 Å². The van der Waals surface area contributed by atoms with E-state index in [1.165, 1.54) is 0 Å². The smallest absolute Gasteiger partial charge is 0.404 e. The molecule has 0 aliphatic carbocycles. The molecule has 2 bridgehead atoms. The predicted molar refractivity (Wildman–Crippen MR) is 96.1 cm³/mol. The summed E-state index contributed by atoms with van der Waals surface area (Å²) in [5, 5.41) is 11.8. The lowest BCUT2D eigenvalue weighted by molar-refractivity contribution is 0.101. The molecule has 25 heavy (non-hydrogen) atoms. The summed E-state index contributed by atoms with van der Waals surface area (Å²) in [6.45, 7) is 8.19. The number of anilines is 1. The van der Waals surface area contributed by atoms with E-state index in [0.717, 1.165) is 31.5 Å². The zero-order chi connectivity index (χ0) is 18.4. The number of aromatic nitrogens is 1. The van der Waals surface area contributed by atoms with Gasteiger partial charge in [-0.15, -0.1) is 0 Å². The minimum absolute atomic E-state index is 0.0110. The van der Waals surface area contributed by atoms with E-state index in [-0.39, 0.29) is 28.8 Å². The maximum atomic E-state index is 11.5. The van der Waals surface area contributed by atoms with Crippen LogP contribution in [0.2, 0.25) is 0 Å². The molecule has 0 saturated carbocycles. The van der Waals surface area contributed by atoms with Crippen molar-refractivity contribution in [3.63, 3.8) is 0 Å². The van der Waals surface area contributed by atoms with Crippen LogP contribution in [0.3, 0.4) is 0 Å². The van der Waals surface area contributed by atoms with Crippen LogP contribution in [0.1, 0.15) is 63.7 Å². The lowest BCUT2D eigenvalue weighted by atomic mass is 9.67. The van der Waals surface area contributed by atoms with Crippen molar-refractivity contribution in [2.75, 3.05) is 4.90 Å². The van der Waals surface area contributed by atoms with Gasteiger partial charge in [0.25, 0.3) is 0 Å². The molecule has 6 nitrogen and oxygen atoms in total. The van der Waals surface area contributed by atoms with E-state index >= 15 is 0 Å². The molecular weight excluding hydrogens is 318 g/mol. The van der Waals surface area contributed by atoms with Gasteiger partial charge >= 0.3 is 6.09 Å². The molecule has 1 amide bonds. The first kappa shape index (κ1) is 17.7. The zero-order valence-corrected chi connectivity index (χ0v) is 15.4. The Kier molecular flexibility index (Phi) is 4.25. The van der Waals surface area contributed by atoms with Crippen molar-refractivity contribution in [3.8, 4) is 0 Å². The maximum absolute atomic E-state index is 11.5. The fourth-order valence-corrected chi connectivity index (χ4v) is 4.72. The SMILES string of the molecule is CC(=O)c1ccc(N2C3CCC2(C(C)(C)C)CC(NC(=O)O)C3)nc1. The Morgan fingerprint density at radius 1 is 1.36 bits per heavy atom. The van der Waals surface area contributed by atoms with E-state index in [1.54, 1.807) is 13.1 Å². The Morgan fingerprint density at radius 2 is 2.08 bits per heavy atom. The molecule has 2 fully saturated rings. The first-order valence-corrected chi connectivity index (χ1v) is 8.90. The molecule has 136 valence electrons. The maximum Gasteiger partial charge on any atom is 0.404 e. The van der Waals surface area contributed by atoms with Gasteiger partial charge in [0, 0.05) is 29.4 Å². The monoisotopic (exact) mass is 345 g/mol. The Bertz CT molecular complexity index is 680. The minimum Gasteiger partial charge on any atom is -0.465 e. The second-order valence-electron chi connectivity index (χ2n) is 8.39. The molecule has 2 aliphatic rings. The van der Waals surface area contributed by atoms with Gasteiger partial charge in [-0.3, -0.25) is 4.79 Å². The minimum atomic E-state index is -0.953. The van der Waals surface area contributed by atoms with Crippen molar-refractivity contribution in [1.82, 2.24) is 10.3 Å². The highest BCUT2D eigenvalue weighted by Gasteiger charge is 2.57. The molecule has 3 unspecified atom stereocenters. The van der Waals surface area contributed by atoms with Crippen LogP contribution in [0.4, 0.5) is 10.6 Å². The molecule has 1 aromatic rings. The number of pyridine rings is 1. The number of nitrogens with zero attached hydrogens (tertiary/aromatic N) is 2. The van der Waals surface area contributed by atoms with Crippen molar-refractivity contribution < 1.29 is 14.7 Å². The van der Waals surface area contributed by atoms with Gasteiger partial charge in [0.1, 0.15) is 5.82 Å². The van der Waals surface area contributed by atoms with Crippen LogP contribution in [0.5, 0.6) is 0 Å². The van der Waals surface area contributed by atoms with Crippen LogP contribution in [-0.2, 0) is 0 Å². The average molecular weight is 345 g/mol. The molecule has 0 radical (unpaired) electrons. The Balaban J connectivity index is 1.98. The molecule has 0 aromatic carbocycles. The molecule has 3 rings (SSSR count). The fraction of sp³-hybridized carbons (Fsp3) is 0.632. The first-order valence-electron chi connectivity index (χ1n) is 8.90. The third kappa shape index (κ3) is 2.98. The van der Waals surface area contributed by atoms with Gasteiger partial charge in [-0.05, 0) is 50.2 Å². The number of ketones is 1. The van der Waals surface area contributed by atoms with Gasteiger partial charge in [-0.1, -0.05) is 20.8 Å². The summed E-state index contributed by atoms with van der Waals surface area (Å²) < 4.78 is 0. The summed E-state index contributed by atoms with van der Waals surface area (Å²) in [5.74, 6) is 0.896. The molecule has 3 heterocycles. The van der Waals surface area contributed by atoms with Crippen LogP contribution in [0, 0.1) is 5.41 Å². The number of carbonyl (C=O) groups excluding carboxylic acids is 1. The molecule has 2 aliphatic heterocycles. The lowest BCUT2D eigenvalue weighted by Gasteiger charge is -2.55. The molecule has 0 spiro atoms. The van der Waals surface area contributed by atoms with Crippen LogP contribution >= 0.6 is 0 Å². The van der Waals surface area contributed by atoms with Crippen LogP contribution < -0.4 is 10.2 Å². The molecule has 6 heteroatoms. The number of rotatable bonds is 3. The molecule has 2 N–H and O–H groups in total. The number of amides is 1. The Morgan fingerprint density at radius 3 is 2.60 bits per heavy atom. The highest BCUT2D eigenvalue weighted by atomic mass is 16.4. The van der Waals surface area contributed by atoms with Gasteiger partial charge in [0.05, 0.1) is 0 Å². The lowest BCUT2D eigenvalue weighted by Crippen LogP contribution is -2.63. The van der Waals surface area contributed by atoms with Gasteiger partial charge in [0.2, 0.25) is 0 Å². The Hall–Kier alpha value is -2.11. The summed E-state index contributed by atoms with van der Waals surface area (Å²) in [5.41, 5.74) is 0.443. The topological polar surface area (TPSA) is 82.5 Å². The summed E-state index contributed by atoms with van der Waals surface area (Å²) in [6, 6.07) is 4.00. The van der Waals surface area contributed by atoms with Crippen LogP contribution in [0.25, 0.3) is 0 Å². The standard InChI is InChI=1S/C19H27N3O3/c1-12(23)13-5-6-16(20-11-13)22-15-7-8-19(22,18(2,3)4)10-14(9-15)21-17(24)25/h5-6,11,14-15,21H,7-10H2,1-4H3,(H,24,25). The normalized spacial score (nSPS) is 28.7. The van der Waals surface area contributed by atoms with Crippen LogP contribution in [-0.4, -0.2) is 39.6 Å². The quantitative estimate of drug-likeness (QED) is 0.820. The molecule has 2 saturated heterocycles. The second-order valence-corrected chi connectivity index (χ2v) is 8.39. The summed E-state index contributed by atoms with van der Waals surface area (Å²) in [4.78, 5) is 29.6. The molecular formula is C19H27N3O3. The molecule has 3 atom stereocenters. The zero-order valence-electron chi connectivity index (χ0n) is 15.4.